The molecule has 0 radical (unpaired) electrons. The van der Waals surface area contributed by atoms with Crippen LogP contribution in [0.3, 0.4) is 0 Å². The number of aromatic nitrogens is 3. The highest BCUT2D eigenvalue weighted by Crippen LogP contribution is 2.34. The maximum absolute atomic E-state index is 11.7. The molecule has 0 aliphatic rings. The molecule has 6 heteroatoms. The van der Waals surface area contributed by atoms with E-state index < -0.39 is 0 Å². The van der Waals surface area contributed by atoms with E-state index >= 15 is 0 Å². The summed E-state index contributed by atoms with van der Waals surface area (Å²) >= 11 is 6.11. The Morgan fingerprint density at radius 2 is 2.14 bits per heavy atom. The number of pyridine rings is 1. The van der Waals surface area contributed by atoms with Crippen LogP contribution in [0, 0.1) is 0 Å². The summed E-state index contributed by atoms with van der Waals surface area (Å²) in [5.41, 5.74) is 2.12. The fourth-order valence-electron chi connectivity index (χ4n) is 2.19. The van der Waals surface area contributed by atoms with E-state index in [0.717, 1.165) is 11.3 Å². The summed E-state index contributed by atoms with van der Waals surface area (Å²) in [7, 11) is 1.55. The highest BCUT2D eigenvalue weighted by molar-refractivity contribution is 6.31. The Morgan fingerprint density at radius 1 is 1.29 bits per heavy atom. The van der Waals surface area contributed by atoms with Crippen LogP contribution in [0.15, 0.2) is 54.0 Å². The van der Waals surface area contributed by atoms with E-state index in [9.17, 15) is 4.79 Å². The number of methoxy groups -OCH3 is 1. The zero-order valence-corrected chi connectivity index (χ0v) is 12.0. The zero-order chi connectivity index (χ0) is 14.8. The first-order valence-electron chi connectivity index (χ1n) is 6.24. The van der Waals surface area contributed by atoms with E-state index in [2.05, 4.69) is 9.97 Å². The number of hydrogen-bond acceptors (Lipinski definition) is 3. The topological polar surface area (TPSA) is 59.9 Å². The van der Waals surface area contributed by atoms with Gasteiger partial charge in [0, 0.05) is 40.8 Å². The first-order chi connectivity index (χ1) is 10.2. The van der Waals surface area contributed by atoms with E-state index in [1.165, 1.54) is 12.3 Å². The van der Waals surface area contributed by atoms with Gasteiger partial charge in [0.25, 0.3) is 0 Å². The van der Waals surface area contributed by atoms with Crippen LogP contribution in [0.1, 0.15) is 0 Å². The second-order valence-electron chi connectivity index (χ2n) is 4.41. The Bertz CT molecular complexity index is 825. The Balaban J connectivity index is 2.30. The highest BCUT2D eigenvalue weighted by Gasteiger charge is 2.13. The Hall–Kier alpha value is -2.53. The van der Waals surface area contributed by atoms with Gasteiger partial charge in [-0.25, -0.2) is 4.98 Å². The summed E-state index contributed by atoms with van der Waals surface area (Å²) in [4.78, 5) is 18.3. The molecule has 21 heavy (non-hydrogen) atoms. The molecule has 2 aromatic heterocycles. The number of halogens is 1. The van der Waals surface area contributed by atoms with Crippen molar-refractivity contribution in [2.45, 2.75) is 0 Å². The number of aromatic amines is 1. The number of hydrogen-bond donors (Lipinski definition) is 1. The molecule has 0 saturated heterocycles. The Labute approximate surface area is 125 Å². The van der Waals surface area contributed by atoms with Crippen molar-refractivity contribution in [3.05, 3.63) is 64.6 Å². The number of rotatable bonds is 3. The summed E-state index contributed by atoms with van der Waals surface area (Å²) in [6.45, 7) is 0. The van der Waals surface area contributed by atoms with Crippen molar-refractivity contribution in [3.63, 3.8) is 0 Å². The average molecular weight is 302 g/mol. The van der Waals surface area contributed by atoms with Crippen LogP contribution in [-0.4, -0.2) is 21.6 Å². The molecule has 0 spiro atoms. The predicted octanol–water partition coefficient (Wildman–Crippen LogP) is 2.89. The van der Waals surface area contributed by atoms with E-state index in [1.807, 2.05) is 16.8 Å². The molecule has 0 atom stereocenters. The fraction of sp³-hybridized carbons (Fsp3) is 0.0667. The van der Waals surface area contributed by atoms with Gasteiger partial charge in [-0.15, -0.1) is 0 Å². The summed E-state index contributed by atoms with van der Waals surface area (Å²) in [6, 6.07) is 6.96. The SMILES string of the molecule is COc1c[nH]c(=O)cc1-c1cc(Cl)ccc1-n1ccnc1. The molecule has 3 aromatic rings. The molecule has 5 nitrogen and oxygen atoms in total. The Morgan fingerprint density at radius 3 is 2.86 bits per heavy atom. The van der Waals surface area contributed by atoms with Crippen molar-refractivity contribution in [1.82, 2.24) is 14.5 Å². The summed E-state index contributed by atoms with van der Waals surface area (Å²) in [5, 5.41) is 0.580. The molecule has 1 N–H and O–H groups in total. The van der Waals surface area contributed by atoms with Crippen LogP contribution in [-0.2, 0) is 0 Å². The van der Waals surface area contributed by atoms with E-state index in [1.54, 1.807) is 31.8 Å². The van der Waals surface area contributed by atoms with Crippen molar-refractivity contribution in [2.75, 3.05) is 7.11 Å². The molecule has 0 fully saturated rings. The zero-order valence-electron chi connectivity index (χ0n) is 11.2. The van der Waals surface area contributed by atoms with Crippen molar-refractivity contribution in [2.24, 2.45) is 0 Å². The van der Waals surface area contributed by atoms with Gasteiger partial charge >= 0.3 is 0 Å². The fourth-order valence-corrected chi connectivity index (χ4v) is 2.36. The smallest absolute Gasteiger partial charge is 0.248 e. The molecule has 0 bridgehead atoms. The predicted molar refractivity (Wildman–Crippen MR) is 81.2 cm³/mol. The normalized spacial score (nSPS) is 10.6. The van der Waals surface area contributed by atoms with Crippen LogP contribution >= 0.6 is 11.6 Å². The second kappa shape index (κ2) is 5.46. The van der Waals surface area contributed by atoms with E-state index in [4.69, 9.17) is 16.3 Å². The van der Waals surface area contributed by atoms with Gasteiger partial charge in [-0.05, 0) is 18.2 Å². The van der Waals surface area contributed by atoms with Gasteiger partial charge in [-0.1, -0.05) is 11.6 Å². The van der Waals surface area contributed by atoms with Crippen molar-refractivity contribution >= 4 is 11.6 Å². The number of imidazole rings is 1. The Kier molecular flexibility index (Phi) is 3.50. The highest BCUT2D eigenvalue weighted by atomic mass is 35.5. The van der Waals surface area contributed by atoms with E-state index in [-0.39, 0.29) is 5.56 Å². The maximum atomic E-state index is 11.7. The average Bonchev–Trinajstić information content (AvgIpc) is 3.01. The number of ether oxygens (including phenoxy) is 1. The molecule has 0 aliphatic heterocycles. The van der Waals surface area contributed by atoms with Crippen LogP contribution in [0.2, 0.25) is 5.02 Å². The van der Waals surface area contributed by atoms with Crippen molar-refractivity contribution in [3.8, 4) is 22.6 Å². The molecule has 0 saturated carbocycles. The number of nitrogens with one attached hydrogen (secondary N) is 1. The molecule has 1 aromatic carbocycles. The van der Waals surface area contributed by atoms with Gasteiger partial charge < -0.3 is 14.3 Å². The third-order valence-corrected chi connectivity index (χ3v) is 3.37. The van der Waals surface area contributed by atoms with Crippen LogP contribution < -0.4 is 10.3 Å². The minimum Gasteiger partial charge on any atom is -0.495 e. The lowest BCUT2D eigenvalue weighted by molar-refractivity contribution is 0.414. The largest absolute Gasteiger partial charge is 0.495 e. The van der Waals surface area contributed by atoms with Gasteiger partial charge in [-0.3, -0.25) is 4.79 Å². The number of H-pyrrole nitrogens is 1. The summed E-state index contributed by atoms with van der Waals surface area (Å²) in [5.74, 6) is 0.568. The molecule has 0 unspecified atom stereocenters. The molecule has 0 aliphatic carbocycles. The van der Waals surface area contributed by atoms with Crippen LogP contribution in [0.4, 0.5) is 0 Å². The third-order valence-electron chi connectivity index (χ3n) is 3.14. The number of nitrogens with zero attached hydrogens (tertiary/aromatic N) is 2. The molecule has 2 heterocycles. The molecule has 0 amide bonds. The lowest BCUT2D eigenvalue weighted by atomic mass is 10.0. The van der Waals surface area contributed by atoms with E-state index in [0.29, 0.717) is 16.3 Å². The quantitative estimate of drug-likeness (QED) is 0.809. The van der Waals surface area contributed by atoms with Crippen molar-refractivity contribution in [1.29, 1.82) is 0 Å². The monoisotopic (exact) mass is 301 g/mol. The third kappa shape index (κ3) is 2.55. The minimum atomic E-state index is -0.206. The van der Waals surface area contributed by atoms with Crippen molar-refractivity contribution < 1.29 is 4.74 Å². The van der Waals surface area contributed by atoms with Crippen LogP contribution in [0.5, 0.6) is 5.75 Å². The first-order valence-corrected chi connectivity index (χ1v) is 6.62. The first kappa shape index (κ1) is 13.5. The van der Waals surface area contributed by atoms with Gasteiger partial charge in [0.15, 0.2) is 0 Å². The lowest BCUT2D eigenvalue weighted by Gasteiger charge is -2.13. The van der Waals surface area contributed by atoms with Gasteiger partial charge in [0.2, 0.25) is 5.56 Å². The molecular formula is C15H12ClN3O2. The summed E-state index contributed by atoms with van der Waals surface area (Å²) in [6.07, 6.45) is 6.74. The lowest BCUT2D eigenvalue weighted by Crippen LogP contribution is -2.06. The second-order valence-corrected chi connectivity index (χ2v) is 4.85. The molecule has 3 rings (SSSR count). The van der Waals surface area contributed by atoms with Gasteiger partial charge in [0.05, 0.1) is 19.1 Å². The maximum Gasteiger partial charge on any atom is 0.248 e. The van der Waals surface area contributed by atoms with Crippen LogP contribution in [0.25, 0.3) is 16.8 Å². The standard InChI is InChI=1S/C15H12ClN3O2/c1-21-14-8-18-15(20)7-12(14)11-6-10(16)2-3-13(11)19-5-4-17-9-19/h2-9H,1H3,(H,18,20). The summed E-state index contributed by atoms with van der Waals surface area (Å²) < 4.78 is 7.18. The van der Waals surface area contributed by atoms with Gasteiger partial charge in [0.1, 0.15) is 5.75 Å². The number of benzene rings is 1. The minimum absolute atomic E-state index is 0.206. The molecular weight excluding hydrogens is 290 g/mol. The van der Waals surface area contributed by atoms with Gasteiger partial charge in [-0.2, -0.15) is 0 Å². The molecule has 106 valence electrons.